The average molecular weight is 237 g/mol. The van der Waals surface area contributed by atoms with Gasteiger partial charge in [-0.3, -0.25) is 0 Å². The number of rotatable bonds is 4. The van der Waals surface area contributed by atoms with E-state index < -0.39 is 5.60 Å². The fourth-order valence-electron chi connectivity index (χ4n) is 2.79. The summed E-state index contributed by atoms with van der Waals surface area (Å²) in [6.07, 6.45) is 7.34. The molecule has 17 heavy (non-hydrogen) atoms. The minimum absolute atomic E-state index is 0.372. The lowest BCUT2D eigenvalue weighted by Gasteiger charge is -2.40. The predicted octanol–water partition coefficient (Wildman–Crippen LogP) is 1.10. The van der Waals surface area contributed by atoms with E-state index in [1.165, 1.54) is 0 Å². The standard InChI is InChI=1S/C13H23N3O/c1-3-11-10-14-7-6-13(11,17)5-4-12-15-8-9-16(12)2/h8-9,11,14,17H,3-7,10H2,1-2H3. The zero-order chi connectivity index (χ0) is 12.3. The molecule has 2 rings (SSSR count). The van der Waals surface area contributed by atoms with Crippen LogP contribution in [-0.2, 0) is 13.5 Å². The Morgan fingerprint density at radius 3 is 3.12 bits per heavy atom. The molecule has 2 N–H and O–H groups in total. The first-order chi connectivity index (χ1) is 8.15. The number of aromatic nitrogens is 2. The first-order valence-electron chi connectivity index (χ1n) is 6.55. The highest BCUT2D eigenvalue weighted by atomic mass is 16.3. The van der Waals surface area contributed by atoms with E-state index in [-0.39, 0.29) is 0 Å². The highest BCUT2D eigenvalue weighted by molar-refractivity contribution is 4.97. The normalized spacial score (nSPS) is 29.5. The molecule has 2 heterocycles. The molecular weight excluding hydrogens is 214 g/mol. The number of nitrogens with one attached hydrogen (secondary N) is 1. The van der Waals surface area contributed by atoms with Crippen molar-refractivity contribution in [2.24, 2.45) is 13.0 Å². The summed E-state index contributed by atoms with van der Waals surface area (Å²) >= 11 is 0. The quantitative estimate of drug-likeness (QED) is 0.824. The second-order valence-corrected chi connectivity index (χ2v) is 5.12. The van der Waals surface area contributed by atoms with Gasteiger partial charge >= 0.3 is 0 Å². The van der Waals surface area contributed by atoms with Crippen LogP contribution in [0.25, 0.3) is 0 Å². The zero-order valence-electron chi connectivity index (χ0n) is 10.8. The molecule has 0 aromatic carbocycles. The summed E-state index contributed by atoms with van der Waals surface area (Å²) in [5.74, 6) is 1.43. The Labute approximate surface area is 103 Å². The van der Waals surface area contributed by atoms with Crippen molar-refractivity contribution in [2.75, 3.05) is 13.1 Å². The number of nitrogens with zero attached hydrogens (tertiary/aromatic N) is 2. The summed E-state index contributed by atoms with van der Waals surface area (Å²) < 4.78 is 2.03. The number of hydrogen-bond acceptors (Lipinski definition) is 3. The van der Waals surface area contributed by atoms with Crippen LogP contribution in [0.1, 0.15) is 32.0 Å². The van der Waals surface area contributed by atoms with Gasteiger partial charge in [0.05, 0.1) is 5.60 Å². The zero-order valence-corrected chi connectivity index (χ0v) is 10.8. The van der Waals surface area contributed by atoms with Gasteiger partial charge in [-0.2, -0.15) is 0 Å². The smallest absolute Gasteiger partial charge is 0.108 e. The van der Waals surface area contributed by atoms with Gasteiger partial charge in [0.25, 0.3) is 0 Å². The molecule has 0 amide bonds. The molecule has 0 bridgehead atoms. The summed E-state index contributed by atoms with van der Waals surface area (Å²) in [5, 5.41) is 14.1. The Balaban J connectivity index is 1.98. The maximum absolute atomic E-state index is 10.7. The minimum Gasteiger partial charge on any atom is -0.389 e. The molecule has 0 spiro atoms. The number of piperidine rings is 1. The number of imidazole rings is 1. The molecule has 2 atom stereocenters. The Kier molecular flexibility index (Phi) is 3.84. The van der Waals surface area contributed by atoms with Crippen LogP contribution in [0.4, 0.5) is 0 Å². The van der Waals surface area contributed by atoms with Gasteiger partial charge in [-0.15, -0.1) is 0 Å². The Morgan fingerprint density at radius 1 is 1.65 bits per heavy atom. The second-order valence-electron chi connectivity index (χ2n) is 5.12. The number of aliphatic hydroxyl groups is 1. The topological polar surface area (TPSA) is 50.1 Å². The molecule has 1 fully saturated rings. The van der Waals surface area contributed by atoms with Crippen LogP contribution in [0.5, 0.6) is 0 Å². The van der Waals surface area contributed by atoms with Gasteiger partial charge in [-0.25, -0.2) is 4.98 Å². The average Bonchev–Trinajstić information content (AvgIpc) is 2.73. The van der Waals surface area contributed by atoms with Crippen molar-refractivity contribution < 1.29 is 5.11 Å². The molecule has 1 aliphatic heterocycles. The molecule has 96 valence electrons. The minimum atomic E-state index is -0.508. The van der Waals surface area contributed by atoms with Crippen LogP contribution in [0.2, 0.25) is 0 Å². The maximum Gasteiger partial charge on any atom is 0.108 e. The van der Waals surface area contributed by atoms with Crippen LogP contribution >= 0.6 is 0 Å². The Bertz CT molecular complexity index is 363. The summed E-state index contributed by atoms with van der Waals surface area (Å²) in [5.41, 5.74) is -0.508. The molecule has 1 aliphatic rings. The first kappa shape index (κ1) is 12.6. The second kappa shape index (κ2) is 5.19. The third-order valence-electron chi connectivity index (χ3n) is 4.08. The van der Waals surface area contributed by atoms with Crippen LogP contribution in [0.15, 0.2) is 12.4 Å². The van der Waals surface area contributed by atoms with Gasteiger partial charge < -0.3 is 15.0 Å². The van der Waals surface area contributed by atoms with E-state index in [0.29, 0.717) is 5.92 Å². The van der Waals surface area contributed by atoms with Gasteiger partial charge in [-0.05, 0) is 31.7 Å². The van der Waals surface area contributed by atoms with Gasteiger partial charge in [0.2, 0.25) is 0 Å². The Morgan fingerprint density at radius 2 is 2.47 bits per heavy atom. The molecule has 4 heteroatoms. The summed E-state index contributed by atoms with van der Waals surface area (Å²) in [6, 6.07) is 0. The molecule has 1 aromatic rings. The van der Waals surface area contributed by atoms with E-state index in [1.54, 1.807) is 0 Å². The monoisotopic (exact) mass is 237 g/mol. The van der Waals surface area contributed by atoms with Crippen LogP contribution in [0.3, 0.4) is 0 Å². The van der Waals surface area contributed by atoms with E-state index in [2.05, 4.69) is 17.2 Å². The number of hydrogen-bond donors (Lipinski definition) is 2. The van der Waals surface area contributed by atoms with Gasteiger partial charge in [0.1, 0.15) is 5.82 Å². The van der Waals surface area contributed by atoms with E-state index in [1.807, 2.05) is 24.0 Å². The van der Waals surface area contributed by atoms with E-state index in [9.17, 15) is 5.11 Å². The molecule has 0 saturated carbocycles. The molecule has 1 aromatic heterocycles. The Hall–Kier alpha value is -0.870. The van der Waals surface area contributed by atoms with Crippen molar-refractivity contribution in [1.82, 2.24) is 14.9 Å². The van der Waals surface area contributed by atoms with Crippen molar-refractivity contribution in [2.45, 2.75) is 38.2 Å². The third kappa shape index (κ3) is 2.69. The molecule has 2 unspecified atom stereocenters. The summed E-state index contributed by atoms with van der Waals surface area (Å²) in [4.78, 5) is 4.32. The van der Waals surface area contributed by atoms with Gasteiger partial charge in [0.15, 0.2) is 0 Å². The lowest BCUT2D eigenvalue weighted by Crippen LogP contribution is -2.50. The van der Waals surface area contributed by atoms with Gasteiger partial charge in [-0.1, -0.05) is 6.92 Å². The van der Waals surface area contributed by atoms with Crippen molar-refractivity contribution >= 4 is 0 Å². The molecule has 0 radical (unpaired) electrons. The molecule has 4 nitrogen and oxygen atoms in total. The third-order valence-corrected chi connectivity index (χ3v) is 4.08. The van der Waals surface area contributed by atoms with E-state index in [0.717, 1.165) is 44.6 Å². The van der Waals surface area contributed by atoms with Crippen molar-refractivity contribution in [1.29, 1.82) is 0 Å². The van der Waals surface area contributed by atoms with Crippen LogP contribution in [0, 0.1) is 5.92 Å². The first-order valence-corrected chi connectivity index (χ1v) is 6.55. The molecule has 1 saturated heterocycles. The maximum atomic E-state index is 10.7. The van der Waals surface area contributed by atoms with Crippen LogP contribution in [-0.4, -0.2) is 33.3 Å². The summed E-state index contributed by atoms with van der Waals surface area (Å²) in [7, 11) is 2.01. The van der Waals surface area contributed by atoms with Crippen molar-refractivity contribution in [3.8, 4) is 0 Å². The van der Waals surface area contributed by atoms with E-state index in [4.69, 9.17) is 0 Å². The molecule has 0 aliphatic carbocycles. The van der Waals surface area contributed by atoms with Crippen molar-refractivity contribution in [3.05, 3.63) is 18.2 Å². The largest absolute Gasteiger partial charge is 0.389 e. The fraction of sp³-hybridized carbons (Fsp3) is 0.769. The molecular formula is C13H23N3O. The lowest BCUT2D eigenvalue weighted by atomic mass is 9.77. The summed E-state index contributed by atoms with van der Waals surface area (Å²) in [6.45, 7) is 4.02. The van der Waals surface area contributed by atoms with E-state index >= 15 is 0 Å². The van der Waals surface area contributed by atoms with Gasteiger partial charge in [0, 0.05) is 32.4 Å². The lowest BCUT2D eigenvalue weighted by molar-refractivity contribution is -0.0488. The highest BCUT2D eigenvalue weighted by Crippen LogP contribution is 2.31. The highest BCUT2D eigenvalue weighted by Gasteiger charge is 2.37. The van der Waals surface area contributed by atoms with Crippen LogP contribution < -0.4 is 5.32 Å². The fourth-order valence-corrected chi connectivity index (χ4v) is 2.79. The predicted molar refractivity (Wildman–Crippen MR) is 67.7 cm³/mol. The van der Waals surface area contributed by atoms with Crippen molar-refractivity contribution in [3.63, 3.8) is 0 Å². The number of aryl methyl sites for hydroxylation is 2. The SMILES string of the molecule is CCC1CNCCC1(O)CCc1nccn1C.